The van der Waals surface area contributed by atoms with Gasteiger partial charge < -0.3 is 5.32 Å². The van der Waals surface area contributed by atoms with Crippen molar-refractivity contribution < 1.29 is 23.2 Å². The molecule has 7 nitrogen and oxygen atoms in total. The quantitative estimate of drug-likeness (QED) is 0.393. The number of carbonyl (C=O) groups is 2. The number of benzene rings is 1. The van der Waals surface area contributed by atoms with Crippen molar-refractivity contribution in [1.82, 2.24) is 10.8 Å². The average Bonchev–Trinajstić information content (AvgIpc) is 3.36. The van der Waals surface area contributed by atoms with Crippen molar-refractivity contribution in [1.29, 1.82) is 0 Å². The predicted octanol–water partition coefficient (Wildman–Crippen LogP) is 3.49. The Morgan fingerprint density at radius 3 is 2.14 bits per heavy atom. The van der Waals surface area contributed by atoms with E-state index in [1.165, 1.54) is 35.2 Å². The summed E-state index contributed by atoms with van der Waals surface area (Å²) in [4.78, 5) is 26.6. The number of hydrogen-bond donors (Lipinski definition) is 3. The van der Waals surface area contributed by atoms with Gasteiger partial charge in [-0.25, -0.2) is 13.9 Å². The largest absolute Gasteiger partial charge is 0.344 e. The van der Waals surface area contributed by atoms with Crippen molar-refractivity contribution >= 4 is 44.3 Å². The second-order valence-electron chi connectivity index (χ2n) is 6.30. The SMILES string of the molecule is CC(NC(=O)c1ccc(C(=O)NO)s1)c1ccc(-c2ccc(S(C)(=O)=O)cc2)s1. The maximum absolute atomic E-state index is 12.4. The molecule has 0 radical (unpaired) electrons. The summed E-state index contributed by atoms with van der Waals surface area (Å²) in [6.45, 7) is 1.86. The van der Waals surface area contributed by atoms with Crippen LogP contribution in [0, 0.1) is 0 Å². The monoisotopic (exact) mass is 450 g/mol. The summed E-state index contributed by atoms with van der Waals surface area (Å²) in [6.07, 6.45) is 1.17. The van der Waals surface area contributed by atoms with Gasteiger partial charge in [0.25, 0.3) is 11.8 Å². The third-order valence-electron chi connectivity index (χ3n) is 4.12. The molecule has 1 aromatic carbocycles. The van der Waals surface area contributed by atoms with Gasteiger partial charge in [-0.2, -0.15) is 0 Å². The molecule has 0 saturated heterocycles. The molecular formula is C19H18N2O5S3. The highest BCUT2D eigenvalue weighted by molar-refractivity contribution is 7.90. The molecule has 0 fully saturated rings. The Bertz CT molecular complexity index is 1150. The molecular weight excluding hydrogens is 432 g/mol. The molecule has 0 spiro atoms. The van der Waals surface area contributed by atoms with Gasteiger partial charge in [-0.15, -0.1) is 22.7 Å². The Morgan fingerprint density at radius 2 is 1.55 bits per heavy atom. The maximum atomic E-state index is 12.4. The first-order valence-electron chi connectivity index (χ1n) is 8.44. The van der Waals surface area contributed by atoms with E-state index in [2.05, 4.69) is 5.32 Å². The first-order valence-corrected chi connectivity index (χ1v) is 12.0. The van der Waals surface area contributed by atoms with Crippen LogP contribution >= 0.6 is 22.7 Å². The molecule has 3 aromatic rings. The number of thiophene rings is 2. The number of amides is 2. The molecule has 29 heavy (non-hydrogen) atoms. The second-order valence-corrected chi connectivity index (χ2v) is 10.5. The van der Waals surface area contributed by atoms with Crippen LogP contribution in [-0.2, 0) is 9.84 Å². The van der Waals surface area contributed by atoms with E-state index in [1.807, 2.05) is 19.1 Å². The smallest absolute Gasteiger partial charge is 0.284 e. The molecule has 3 rings (SSSR count). The summed E-state index contributed by atoms with van der Waals surface area (Å²) in [5.74, 6) is -0.973. The van der Waals surface area contributed by atoms with Crippen molar-refractivity contribution in [3.63, 3.8) is 0 Å². The third kappa shape index (κ3) is 4.91. The summed E-state index contributed by atoms with van der Waals surface area (Å²) in [5.41, 5.74) is 2.43. The van der Waals surface area contributed by atoms with Crippen LogP contribution in [0.15, 0.2) is 53.4 Å². The van der Waals surface area contributed by atoms with Crippen LogP contribution in [-0.4, -0.2) is 31.7 Å². The van der Waals surface area contributed by atoms with Gasteiger partial charge in [0.15, 0.2) is 9.84 Å². The fraction of sp³-hybridized carbons (Fsp3) is 0.158. The van der Waals surface area contributed by atoms with Crippen molar-refractivity contribution in [2.45, 2.75) is 17.9 Å². The number of hydrogen-bond acceptors (Lipinski definition) is 7. The van der Waals surface area contributed by atoms with Gasteiger partial charge >= 0.3 is 0 Å². The Labute approximate surface area is 175 Å². The molecule has 152 valence electrons. The Kier molecular flexibility index (Phi) is 6.18. The maximum Gasteiger partial charge on any atom is 0.284 e. The van der Waals surface area contributed by atoms with Crippen LogP contribution in [0.1, 0.15) is 37.2 Å². The molecule has 10 heteroatoms. The zero-order chi connectivity index (χ0) is 21.2. The minimum absolute atomic E-state index is 0.237. The molecule has 3 N–H and O–H groups in total. The lowest BCUT2D eigenvalue weighted by Gasteiger charge is -2.11. The predicted molar refractivity (Wildman–Crippen MR) is 112 cm³/mol. The molecule has 0 bridgehead atoms. The first kappa shape index (κ1) is 21.2. The number of sulfone groups is 1. The lowest BCUT2D eigenvalue weighted by Crippen LogP contribution is -2.25. The van der Waals surface area contributed by atoms with Crippen LogP contribution < -0.4 is 10.8 Å². The van der Waals surface area contributed by atoms with Crippen LogP contribution in [0.2, 0.25) is 0 Å². The van der Waals surface area contributed by atoms with Crippen LogP contribution in [0.25, 0.3) is 10.4 Å². The van der Waals surface area contributed by atoms with Gasteiger partial charge in [-0.3, -0.25) is 14.8 Å². The Morgan fingerprint density at radius 1 is 0.931 bits per heavy atom. The van der Waals surface area contributed by atoms with Gasteiger partial charge in [-0.1, -0.05) is 12.1 Å². The van der Waals surface area contributed by atoms with Gasteiger partial charge in [0.05, 0.1) is 20.7 Å². The molecule has 0 aliphatic rings. The standard InChI is InChI=1S/C19H18N2O5S3/c1-11(20-18(22)16-9-10-17(28-16)19(23)21-24)14-7-8-15(27-14)12-3-5-13(6-4-12)29(2,25)26/h3-11,24H,1-2H3,(H,20,22)(H,21,23). The third-order valence-corrected chi connectivity index (χ3v) is 7.65. The van der Waals surface area contributed by atoms with Gasteiger partial charge in [0.1, 0.15) is 0 Å². The highest BCUT2D eigenvalue weighted by atomic mass is 32.2. The van der Waals surface area contributed by atoms with E-state index >= 15 is 0 Å². The Hall–Kier alpha value is -2.53. The fourth-order valence-electron chi connectivity index (χ4n) is 2.58. The second kappa shape index (κ2) is 8.46. The highest BCUT2D eigenvalue weighted by Gasteiger charge is 2.17. The lowest BCUT2D eigenvalue weighted by molar-refractivity contribution is 0.0711. The molecule has 0 saturated carbocycles. The van der Waals surface area contributed by atoms with E-state index in [-0.39, 0.29) is 21.7 Å². The van der Waals surface area contributed by atoms with E-state index in [4.69, 9.17) is 5.21 Å². The Balaban J connectivity index is 1.70. The van der Waals surface area contributed by atoms with Crippen LogP contribution in [0.4, 0.5) is 0 Å². The van der Waals surface area contributed by atoms with E-state index < -0.39 is 15.7 Å². The van der Waals surface area contributed by atoms with E-state index in [0.29, 0.717) is 4.88 Å². The molecule has 2 heterocycles. The van der Waals surface area contributed by atoms with Crippen molar-refractivity contribution in [2.24, 2.45) is 0 Å². The number of rotatable bonds is 6. The van der Waals surface area contributed by atoms with Crippen LogP contribution in [0.3, 0.4) is 0 Å². The minimum atomic E-state index is -3.24. The van der Waals surface area contributed by atoms with E-state index in [0.717, 1.165) is 26.7 Å². The topological polar surface area (TPSA) is 113 Å². The van der Waals surface area contributed by atoms with Crippen molar-refractivity contribution in [3.05, 3.63) is 63.2 Å². The molecule has 2 amide bonds. The number of carbonyl (C=O) groups excluding carboxylic acids is 2. The first-order chi connectivity index (χ1) is 13.7. The minimum Gasteiger partial charge on any atom is -0.344 e. The molecule has 0 aliphatic carbocycles. The number of nitrogens with one attached hydrogen (secondary N) is 2. The zero-order valence-corrected chi connectivity index (χ0v) is 18.0. The number of hydroxylamine groups is 1. The highest BCUT2D eigenvalue weighted by Crippen LogP contribution is 2.32. The molecule has 1 unspecified atom stereocenters. The van der Waals surface area contributed by atoms with Gasteiger partial charge in [-0.05, 0) is 48.9 Å². The average molecular weight is 451 g/mol. The van der Waals surface area contributed by atoms with Gasteiger partial charge in [0, 0.05) is 16.0 Å². The van der Waals surface area contributed by atoms with Crippen molar-refractivity contribution in [3.8, 4) is 10.4 Å². The molecule has 0 aliphatic heterocycles. The summed E-state index contributed by atoms with van der Waals surface area (Å²) in [6, 6.07) is 13.2. The summed E-state index contributed by atoms with van der Waals surface area (Å²) in [5, 5.41) is 11.5. The lowest BCUT2D eigenvalue weighted by atomic mass is 10.2. The fourth-order valence-corrected chi connectivity index (χ4v) is 5.03. The van der Waals surface area contributed by atoms with Crippen molar-refractivity contribution in [2.75, 3.05) is 6.26 Å². The van der Waals surface area contributed by atoms with E-state index in [1.54, 1.807) is 24.3 Å². The van der Waals surface area contributed by atoms with Gasteiger partial charge in [0.2, 0.25) is 0 Å². The normalized spacial score (nSPS) is 12.4. The summed E-state index contributed by atoms with van der Waals surface area (Å²) in [7, 11) is -3.24. The molecule has 2 aromatic heterocycles. The van der Waals surface area contributed by atoms with E-state index in [9.17, 15) is 18.0 Å². The summed E-state index contributed by atoms with van der Waals surface area (Å²) < 4.78 is 23.2. The summed E-state index contributed by atoms with van der Waals surface area (Å²) >= 11 is 2.49. The molecule has 1 atom stereocenters. The van der Waals surface area contributed by atoms with Crippen LogP contribution in [0.5, 0.6) is 0 Å². The zero-order valence-electron chi connectivity index (χ0n) is 15.5.